The zero-order valence-corrected chi connectivity index (χ0v) is 11.1. The Morgan fingerprint density at radius 3 is 2.95 bits per heavy atom. The fourth-order valence-corrected chi connectivity index (χ4v) is 1.37. The van der Waals surface area contributed by atoms with Crippen LogP contribution in [-0.4, -0.2) is 18.7 Å². The number of benzene rings is 1. The molecule has 0 fully saturated rings. The molecule has 1 atom stereocenters. The van der Waals surface area contributed by atoms with Crippen LogP contribution in [0.2, 0.25) is 0 Å². The van der Waals surface area contributed by atoms with E-state index < -0.39 is 12.1 Å². The molecule has 0 aliphatic rings. The van der Waals surface area contributed by atoms with Crippen molar-refractivity contribution in [1.29, 1.82) is 5.26 Å². The topological polar surface area (TPSA) is 59.3 Å². The number of hydrogen-bond acceptors (Lipinski definition) is 4. The van der Waals surface area contributed by atoms with E-state index in [0.717, 1.165) is 6.42 Å². The lowest BCUT2D eigenvalue weighted by Crippen LogP contribution is -2.26. The highest BCUT2D eigenvalue weighted by atomic mass is 16.6. The van der Waals surface area contributed by atoms with Crippen molar-refractivity contribution in [2.24, 2.45) is 0 Å². The normalized spacial score (nSPS) is 11.8. The summed E-state index contributed by atoms with van der Waals surface area (Å²) in [4.78, 5) is 11.6. The molecule has 0 spiro atoms. The van der Waals surface area contributed by atoms with Gasteiger partial charge in [0.05, 0.1) is 11.6 Å². The van der Waals surface area contributed by atoms with Crippen molar-refractivity contribution in [3.05, 3.63) is 42.0 Å². The molecule has 0 radical (unpaired) electrons. The maximum Gasteiger partial charge on any atom is 0.347 e. The van der Waals surface area contributed by atoms with Gasteiger partial charge in [-0.3, -0.25) is 0 Å². The van der Waals surface area contributed by atoms with Crippen LogP contribution < -0.4 is 4.74 Å². The van der Waals surface area contributed by atoms with Crippen LogP contribution in [0.15, 0.2) is 36.4 Å². The van der Waals surface area contributed by atoms with Gasteiger partial charge in [0.15, 0.2) is 6.10 Å². The summed E-state index contributed by atoms with van der Waals surface area (Å²) in [6, 6.07) is 8.67. The predicted molar refractivity (Wildman–Crippen MR) is 71.6 cm³/mol. The van der Waals surface area contributed by atoms with Crippen molar-refractivity contribution in [3.63, 3.8) is 0 Å². The minimum atomic E-state index is -0.705. The molecule has 19 heavy (non-hydrogen) atoms. The number of hydrogen-bond donors (Lipinski definition) is 0. The highest BCUT2D eigenvalue weighted by Crippen LogP contribution is 2.14. The van der Waals surface area contributed by atoms with E-state index in [-0.39, 0.29) is 6.61 Å². The Morgan fingerprint density at radius 2 is 2.26 bits per heavy atom. The van der Waals surface area contributed by atoms with Crippen LogP contribution in [0.1, 0.15) is 25.8 Å². The summed E-state index contributed by atoms with van der Waals surface area (Å²) in [5.74, 6) is 0.0516. The first-order chi connectivity index (χ1) is 9.17. The van der Waals surface area contributed by atoms with E-state index in [1.807, 2.05) is 19.1 Å². The molecule has 0 bridgehead atoms. The van der Waals surface area contributed by atoms with E-state index in [1.165, 1.54) is 0 Å². The minimum Gasteiger partial charge on any atom is -0.479 e. The van der Waals surface area contributed by atoms with Gasteiger partial charge in [0.1, 0.15) is 12.4 Å². The van der Waals surface area contributed by atoms with Crippen molar-refractivity contribution in [2.75, 3.05) is 6.61 Å². The molecule has 0 aliphatic heterocycles. The molecule has 4 heteroatoms. The molecule has 1 aromatic rings. The van der Waals surface area contributed by atoms with Crippen molar-refractivity contribution in [2.45, 2.75) is 26.4 Å². The van der Waals surface area contributed by atoms with Crippen LogP contribution in [-0.2, 0) is 9.53 Å². The minimum absolute atomic E-state index is 0.249. The second-order valence-corrected chi connectivity index (χ2v) is 3.91. The average Bonchev–Trinajstić information content (AvgIpc) is 2.43. The number of carbonyl (C=O) groups is 1. The number of nitrogens with zero attached hydrogens (tertiary/aromatic N) is 1. The molecule has 100 valence electrons. The average molecular weight is 259 g/mol. The lowest BCUT2D eigenvalue weighted by atomic mass is 10.2. The van der Waals surface area contributed by atoms with Gasteiger partial charge >= 0.3 is 5.97 Å². The largest absolute Gasteiger partial charge is 0.479 e. The van der Waals surface area contributed by atoms with E-state index >= 15 is 0 Å². The van der Waals surface area contributed by atoms with Crippen molar-refractivity contribution >= 4 is 5.97 Å². The Bertz CT molecular complexity index is 488. The van der Waals surface area contributed by atoms with Gasteiger partial charge in [-0.15, -0.1) is 0 Å². The van der Waals surface area contributed by atoms with E-state index in [1.54, 1.807) is 37.3 Å². The fourth-order valence-electron chi connectivity index (χ4n) is 1.37. The lowest BCUT2D eigenvalue weighted by Gasteiger charge is -2.13. The van der Waals surface area contributed by atoms with Gasteiger partial charge in [0.25, 0.3) is 0 Å². The van der Waals surface area contributed by atoms with Gasteiger partial charge in [0, 0.05) is 0 Å². The smallest absolute Gasteiger partial charge is 0.347 e. The summed E-state index contributed by atoms with van der Waals surface area (Å²) >= 11 is 0. The van der Waals surface area contributed by atoms with Gasteiger partial charge in [-0.2, -0.15) is 5.26 Å². The van der Waals surface area contributed by atoms with Crippen LogP contribution >= 0.6 is 0 Å². The summed E-state index contributed by atoms with van der Waals surface area (Å²) in [6.07, 6.45) is 3.92. The Kier molecular flexibility index (Phi) is 6.17. The molecular weight excluding hydrogens is 242 g/mol. The van der Waals surface area contributed by atoms with Crippen LogP contribution in [0.25, 0.3) is 0 Å². The summed E-state index contributed by atoms with van der Waals surface area (Å²) < 4.78 is 10.4. The number of esters is 1. The first kappa shape index (κ1) is 14.8. The number of rotatable bonds is 6. The molecule has 0 amide bonds. The molecular formula is C15H17NO3. The van der Waals surface area contributed by atoms with Crippen molar-refractivity contribution < 1.29 is 14.3 Å². The number of nitriles is 1. The Morgan fingerprint density at radius 1 is 1.47 bits per heavy atom. The number of carbonyl (C=O) groups excluding carboxylic acids is 1. The van der Waals surface area contributed by atoms with Gasteiger partial charge < -0.3 is 9.47 Å². The highest BCUT2D eigenvalue weighted by Gasteiger charge is 2.15. The fraction of sp³-hybridized carbons (Fsp3) is 0.333. The summed E-state index contributed by atoms with van der Waals surface area (Å²) in [6.45, 7) is 3.87. The molecule has 0 heterocycles. The van der Waals surface area contributed by atoms with E-state index in [9.17, 15) is 4.79 Å². The van der Waals surface area contributed by atoms with Crippen LogP contribution in [0.4, 0.5) is 0 Å². The molecule has 0 aliphatic carbocycles. The zero-order valence-electron chi connectivity index (χ0n) is 11.1. The van der Waals surface area contributed by atoms with Gasteiger partial charge in [0.2, 0.25) is 0 Å². The van der Waals surface area contributed by atoms with Crippen LogP contribution in [0, 0.1) is 11.3 Å². The highest BCUT2D eigenvalue weighted by molar-refractivity contribution is 5.74. The zero-order chi connectivity index (χ0) is 14.1. The van der Waals surface area contributed by atoms with Crippen molar-refractivity contribution in [1.82, 2.24) is 0 Å². The quantitative estimate of drug-likeness (QED) is 0.582. The van der Waals surface area contributed by atoms with Gasteiger partial charge in [-0.05, 0) is 31.5 Å². The summed E-state index contributed by atoms with van der Waals surface area (Å²) in [5, 5.41) is 8.77. The Balaban J connectivity index is 2.49. The van der Waals surface area contributed by atoms with Crippen LogP contribution in [0.3, 0.4) is 0 Å². The van der Waals surface area contributed by atoms with E-state index in [4.69, 9.17) is 14.7 Å². The number of ether oxygens (including phenoxy) is 2. The van der Waals surface area contributed by atoms with E-state index in [2.05, 4.69) is 0 Å². The Labute approximate surface area is 113 Å². The number of allylic oxidation sites excluding steroid dienone is 1. The standard InChI is InChI=1S/C15H17NO3/c1-3-4-5-9-18-15(17)12(2)19-14-8-6-7-13(10-14)11-16/h4-8,10,12H,3,9H2,1-2H3. The summed E-state index contributed by atoms with van der Waals surface area (Å²) in [7, 11) is 0. The third-order valence-corrected chi connectivity index (χ3v) is 2.33. The third-order valence-electron chi connectivity index (χ3n) is 2.33. The van der Waals surface area contributed by atoms with Gasteiger partial charge in [-0.1, -0.05) is 25.1 Å². The predicted octanol–water partition coefficient (Wildman–Crippen LogP) is 2.83. The molecule has 4 nitrogen and oxygen atoms in total. The second-order valence-electron chi connectivity index (χ2n) is 3.91. The Hall–Kier alpha value is -2.28. The maximum atomic E-state index is 11.6. The monoisotopic (exact) mass is 259 g/mol. The molecule has 0 saturated heterocycles. The third kappa shape index (κ3) is 5.26. The van der Waals surface area contributed by atoms with Crippen molar-refractivity contribution in [3.8, 4) is 11.8 Å². The molecule has 1 unspecified atom stereocenters. The lowest BCUT2D eigenvalue weighted by molar-refractivity contribution is -0.149. The van der Waals surface area contributed by atoms with Crippen LogP contribution in [0.5, 0.6) is 5.75 Å². The van der Waals surface area contributed by atoms with E-state index in [0.29, 0.717) is 11.3 Å². The molecule has 0 N–H and O–H groups in total. The first-order valence-corrected chi connectivity index (χ1v) is 6.15. The SMILES string of the molecule is CCC=CCOC(=O)C(C)Oc1cccc(C#N)c1. The molecule has 1 rings (SSSR count). The maximum absolute atomic E-state index is 11.6. The first-order valence-electron chi connectivity index (χ1n) is 6.15. The molecule has 0 aromatic heterocycles. The second kappa shape index (κ2) is 7.93. The van der Waals surface area contributed by atoms with Gasteiger partial charge in [-0.25, -0.2) is 4.79 Å². The molecule has 0 saturated carbocycles. The molecule has 1 aromatic carbocycles. The summed E-state index contributed by atoms with van der Waals surface area (Å²) in [5.41, 5.74) is 0.490.